The van der Waals surface area contributed by atoms with Crippen molar-refractivity contribution in [2.45, 2.75) is 6.92 Å². The molecule has 0 aliphatic carbocycles. The fourth-order valence-electron chi connectivity index (χ4n) is 1.26. The van der Waals surface area contributed by atoms with E-state index in [1.807, 2.05) is 25.1 Å². The average Bonchev–Trinajstić information content (AvgIpc) is 2.48. The average molecular weight is 225 g/mol. The van der Waals surface area contributed by atoms with Gasteiger partial charge in [0.1, 0.15) is 5.02 Å². The molecule has 0 saturated carbocycles. The molecule has 14 heavy (non-hydrogen) atoms. The predicted octanol–water partition coefficient (Wildman–Crippen LogP) is 3.35. The molecule has 2 nitrogen and oxygen atoms in total. The van der Waals surface area contributed by atoms with Crippen molar-refractivity contribution >= 4 is 29.0 Å². The fraction of sp³-hybridized carbons (Fsp3) is 0.100. The zero-order valence-electron chi connectivity index (χ0n) is 7.62. The molecule has 72 valence electrons. The van der Waals surface area contributed by atoms with E-state index in [-0.39, 0.29) is 0 Å². The summed E-state index contributed by atoms with van der Waals surface area (Å²) in [5, 5.41) is 0.556. The van der Waals surface area contributed by atoms with Gasteiger partial charge < -0.3 is 5.73 Å². The van der Waals surface area contributed by atoms with Crippen molar-refractivity contribution in [3.63, 3.8) is 0 Å². The number of aromatic nitrogens is 1. The van der Waals surface area contributed by atoms with Crippen LogP contribution in [0.1, 0.15) is 5.56 Å². The molecular formula is C10H9ClN2S. The molecule has 1 aromatic heterocycles. The van der Waals surface area contributed by atoms with Crippen LogP contribution in [-0.4, -0.2) is 4.37 Å². The molecule has 0 bridgehead atoms. The number of hydrogen-bond donors (Lipinski definition) is 1. The van der Waals surface area contributed by atoms with Crippen LogP contribution >= 0.6 is 23.1 Å². The van der Waals surface area contributed by atoms with Crippen LogP contribution in [0.25, 0.3) is 10.4 Å². The Morgan fingerprint density at radius 1 is 1.43 bits per heavy atom. The van der Waals surface area contributed by atoms with E-state index in [1.54, 1.807) is 0 Å². The molecule has 2 N–H and O–H groups in total. The normalized spacial score (nSPS) is 10.4. The lowest BCUT2D eigenvalue weighted by molar-refractivity contribution is 1.48. The Hall–Kier alpha value is -1.06. The second-order valence-electron chi connectivity index (χ2n) is 3.08. The van der Waals surface area contributed by atoms with Gasteiger partial charge in [-0.15, -0.1) is 0 Å². The van der Waals surface area contributed by atoms with Crippen LogP contribution in [0, 0.1) is 6.92 Å². The lowest BCUT2D eigenvalue weighted by Crippen LogP contribution is -1.83. The van der Waals surface area contributed by atoms with Gasteiger partial charge in [-0.05, 0) is 24.0 Å². The highest BCUT2D eigenvalue weighted by molar-refractivity contribution is 7.10. The van der Waals surface area contributed by atoms with Crippen LogP contribution < -0.4 is 5.73 Å². The molecule has 1 heterocycles. The molecule has 0 fully saturated rings. The quantitative estimate of drug-likeness (QED) is 0.807. The molecule has 2 rings (SSSR count). The monoisotopic (exact) mass is 224 g/mol. The summed E-state index contributed by atoms with van der Waals surface area (Å²) in [6.45, 7) is 2.04. The minimum Gasteiger partial charge on any atom is -0.382 e. The van der Waals surface area contributed by atoms with Crippen LogP contribution in [0.15, 0.2) is 24.3 Å². The third-order valence-electron chi connectivity index (χ3n) is 1.94. The molecule has 0 aliphatic rings. The minimum absolute atomic E-state index is 0.410. The van der Waals surface area contributed by atoms with E-state index in [4.69, 9.17) is 17.3 Å². The van der Waals surface area contributed by atoms with E-state index >= 15 is 0 Å². The van der Waals surface area contributed by atoms with Gasteiger partial charge in [0.15, 0.2) is 5.82 Å². The van der Waals surface area contributed by atoms with Crippen molar-refractivity contribution in [2.24, 2.45) is 0 Å². The van der Waals surface area contributed by atoms with Gasteiger partial charge in [0.25, 0.3) is 0 Å². The largest absolute Gasteiger partial charge is 0.382 e. The van der Waals surface area contributed by atoms with Gasteiger partial charge >= 0.3 is 0 Å². The molecule has 0 aliphatic heterocycles. The smallest absolute Gasteiger partial charge is 0.156 e. The number of anilines is 1. The van der Waals surface area contributed by atoms with E-state index in [9.17, 15) is 0 Å². The predicted molar refractivity (Wildman–Crippen MR) is 61.7 cm³/mol. The molecular weight excluding hydrogens is 216 g/mol. The summed E-state index contributed by atoms with van der Waals surface area (Å²) >= 11 is 7.35. The first-order chi connectivity index (χ1) is 6.68. The van der Waals surface area contributed by atoms with Crippen molar-refractivity contribution in [3.8, 4) is 10.4 Å². The summed E-state index contributed by atoms with van der Waals surface area (Å²) in [6, 6.07) is 8.11. The molecule has 0 atom stereocenters. The second-order valence-corrected chi connectivity index (χ2v) is 4.23. The summed E-state index contributed by atoms with van der Waals surface area (Å²) in [6.07, 6.45) is 0. The lowest BCUT2D eigenvalue weighted by Gasteiger charge is -1.98. The number of halogens is 1. The first-order valence-corrected chi connectivity index (χ1v) is 5.31. The zero-order chi connectivity index (χ0) is 10.1. The molecule has 4 heteroatoms. The summed E-state index contributed by atoms with van der Waals surface area (Å²) < 4.78 is 4.01. The lowest BCUT2D eigenvalue weighted by atomic mass is 10.1. The Bertz CT molecular complexity index is 465. The maximum Gasteiger partial charge on any atom is 0.156 e. The van der Waals surface area contributed by atoms with Crippen LogP contribution in [0.2, 0.25) is 5.02 Å². The molecule has 0 unspecified atom stereocenters. The van der Waals surface area contributed by atoms with E-state index in [1.165, 1.54) is 17.1 Å². The Labute approximate surface area is 91.5 Å². The maximum absolute atomic E-state index is 6.02. The van der Waals surface area contributed by atoms with Gasteiger partial charge in [-0.3, -0.25) is 0 Å². The van der Waals surface area contributed by atoms with E-state index in [0.717, 1.165) is 10.4 Å². The summed E-state index contributed by atoms with van der Waals surface area (Å²) in [5.74, 6) is 0.410. The minimum atomic E-state index is 0.410. The number of benzene rings is 1. The number of rotatable bonds is 1. The van der Waals surface area contributed by atoms with Gasteiger partial charge in [-0.2, -0.15) is 4.37 Å². The van der Waals surface area contributed by atoms with E-state index in [2.05, 4.69) is 10.4 Å². The Kier molecular flexibility index (Phi) is 2.44. The van der Waals surface area contributed by atoms with Crippen molar-refractivity contribution in [1.29, 1.82) is 0 Å². The van der Waals surface area contributed by atoms with Gasteiger partial charge in [-0.25, -0.2) is 0 Å². The van der Waals surface area contributed by atoms with Gasteiger partial charge in [0.2, 0.25) is 0 Å². The third kappa shape index (κ3) is 1.61. The molecule has 0 amide bonds. The van der Waals surface area contributed by atoms with Crippen molar-refractivity contribution in [3.05, 3.63) is 34.9 Å². The van der Waals surface area contributed by atoms with Crippen molar-refractivity contribution in [1.82, 2.24) is 4.37 Å². The highest BCUT2D eigenvalue weighted by Crippen LogP contribution is 2.35. The maximum atomic E-state index is 6.02. The van der Waals surface area contributed by atoms with Gasteiger partial charge in [0.05, 0.1) is 4.88 Å². The number of aryl methyl sites for hydroxylation is 1. The number of hydrogen-bond acceptors (Lipinski definition) is 3. The standard InChI is InChI=1S/C10H9ClN2S/c1-6-3-2-4-7(5-6)9-8(11)10(12)13-14-9/h2-5H,1H3,(H2,12,13). The summed E-state index contributed by atoms with van der Waals surface area (Å²) in [5.41, 5.74) is 7.86. The van der Waals surface area contributed by atoms with Crippen LogP contribution in [0.5, 0.6) is 0 Å². The van der Waals surface area contributed by atoms with Crippen LogP contribution in [-0.2, 0) is 0 Å². The topological polar surface area (TPSA) is 38.9 Å². The first kappa shape index (κ1) is 9.49. The SMILES string of the molecule is Cc1cccc(-c2snc(N)c2Cl)c1. The van der Waals surface area contributed by atoms with E-state index in [0.29, 0.717) is 10.8 Å². The van der Waals surface area contributed by atoms with Crippen LogP contribution in [0.4, 0.5) is 5.82 Å². The van der Waals surface area contributed by atoms with Gasteiger partial charge in [0, 0.05) is 0 Å². The summed E-state index contributed by atoms with van der Waals surface area (Å²) in [4.78, 5) is 0.938. The van der Waals surface area contributed by atoms with Gasteiger partial charge in [-0.1, -0.05) is 41.4 Å². The number of nitrogen functional groups attached to an aromatic ring is 1. The molecule has 0 radical (unpaired) electrons. The molecule has 0 saturated heterocycles. The first-order valence-electron chi connectivity index (χ1n) is 4.16. The number of nitrogens with two attached hydrogens (primary N) is 1. The Morgan fingerprint density at radius 2 is 2.21 bits per heavy atom. The van der Waals surface area contributed by atoms with E-state index < -0.39 is 0 Å². The molecule has 0 spiro atoms. The third-order valence-corrected chi connectivity index (χ3v) is 3.34. The highest BCUT2D eigenvalue weighted by Gasteiger charge is 2.10. The molecule has 2 aromatic rings. The molecule has 1 aromatic carbocycles. The zero-order valence-corrected chi connectivity index (χ0v) is 9.19. The number of nitrogens with zero attached hydrogens (tertiary/aromatic N) is 1. The second kappa shape index (κ2) is 3.59. The fourth-order valence-corrected chi connectivity index (χ4v) is 2.26. The Morgan fingerprint density at radius 3 is 2.79 bits per heavy atom. The van der Waals surface area contributed by atoms with Crippen molar-refractivity contribution < 1.29 is 0 Å². The summed E-state index contributed by atoms with van der Waals surface area (Å²) in [7, 11) is 0. The Balaban J connectivity index is 2.55. The van der Waals surface area contributed by atoms with Crippen LogP contribution in [0.3, 0.4) is 0 Å². The van der Waals surface area contributed by atoms with Crippen molar-refractivity contribution in [2.75, 3.05) is 5.73 Å². The highest BCUT2D eigenvalue weighted by atomic mass is 35.5.